The Morgan fingerprint density at radius 1 is 0.281 bits per heavy atom. The SMILES string of the molecule is CCCCCCCCCCCCCCCCCCCCCC(=O)O[C@H](COC(=O)CCCCCCCCCCCCCCCC(C)C)COP(=O)(O)OC[C@@H](O)COP(=O)(O)OC[C@@H](COC(=O)CCCCCCC)OC(=O)CCCCCCCCCCCCCCCCCC. The van der Waals surface area contributed by atoms with Gasteiger partial charge in [-0.15, -0.1) is 0 Å². The quantitative estimate of drug-likeness (QED) is 0.0222. The number of hydrogen-bond acceptors (Lipinski definition) is 15. The number of aliphatic hydroxyl groups is 1. The first-order chi connectivity index (χ1) is 46.5. The van der Waals surface area contributed by atoms with Crippen molar-refractivity contribution in [2.45, 2.75) is 425 Å². The monoisotopic (exact) mass is 1410 g/mol. The van der Waals surface area contributed by atoms with Crippen molar-refractivity contribution in [1.82, 2.24) is 0 Å². The van der Waals surface area contributed by atoms with Crippen molar-refractivity contribution in [2.75, 3.05) is 39.6 Å². The Bertz CT molecular complexity index is 1840. The average molecular weight is 1410 g/mol. The maximum Gasteiger partial charge on any atom is 0.472 e. The topological polar surface area (TPSA) is 237 Å². The van der Waals surface area contributed by atoms with E-state index in [1.54, 1.807) is 0 Å². The lowest BCUT2D eigenvalue weighted by Crippen LogP contribution is -2.30. The fourth-order valence-corrected chi connectivity index (χ4v) is 13.5. The predicted octanol–water partition coefficient (Wildman–Crippen LogP) is 22.9. The lowest BCUT2D eigenvalue weighted by atomic mass is 10.0. The fourth-order valence-electron chi connectivity index (χ4n) is 11.9. The van der Waals surface area contributed by atoms with Gasteiger partial charge in [-0.3, -0.25) is 37.3 Å². The first-order valence-electron chi connectivity index (χ1n) is 40.1. The second-order valence-corrected chi connectivity index (χ2v) is 31.1. The number of hydrogen-bond donors (Lipinski definition) is 3. The van der Waals surface area contributed by atoms with Crippen LogP contribution in [0.5, 0.6) is 0 Å². The number of carbonyl (C=O) groups excluding carboxylic acids is 4. The van der Waals surface area contributed by atoms with Crippen molar-refractivity contribution in [3.63, 3.8) is 0 Å². The fraction of sp³-hybridized carbons (Fsp3) is 0.948. The van der Waals surface area contributed by atoms with Crippen LogP contribution in [0.15, 0.2) is 0 Å². The Hall–Kier alpha value is -1.94. The number of unbranched alkanes of at least 4 members (excludes halogenated alkanes) is 49. The highest BCUT2D eigenvalue weighted by atomic mass is 31.2. The lowest BCUT2D eigenvalue weighted by molar-refractivity contribution is -0.161. The van der Waals surface area contributed by atoms with Crippen LogP contribution >= 0.6 is 15.6 Å². The Labute approximate surface area is 588 Å². The summed E-state index contributed by atoms with van der Waals surface area (Å²) in [5.74, 6) is -1.33. The summed E-state index contributed by atoms with van der Waals surface area (Å²) in [7, 11) is -9.90. The average Bonchev–Trinajstić information content (AvgIpc) is 1.41. The highest BCUT2D eigenvalue weighted by molar-refractivity contribution is 7.47. The van der Waals surface area contributed by atoms with Gasteiger partial charge in [0, 0.05) is 25.7 Å². The number of esters is 4. The van der Waals surface area contributed by atoms with Crippen molar-refractivity contribution in [3.05, 3.63) is 0 Å². The molecule has 570 valence electrons. The van der Waals surface area contributed by atoms with Crippen LogP contribution in [0.25, 0.3) is 0 Å². The molecule has 0 saturated carbocycles. The first-order valence-corrected chi connectivity index (χ1v) is 43.1. The van der Waals surface area contributed by atoms with Crippen molar-refractivity contribution in [1.29, 1.82) is 0 Å². The zero-order chi connectivity index (χ0) is 70.5. The predicted molar refractivity (Wildman–Crippen MR) is 391 cm³/mol. The molecule has 5 atom stereocenters. The Balaban J connectivity index is 5.13. The molecule has 0 saturated heterocycles. The van der Waals surface area contributed by atoms with Crippen LogP contribution in [0.4, 0.5) is 0 Å². The molecule has 0 amide bonds. The van der Waals surface area contributed by atoms with Crippen LogP contribution in [0, 0.1) is 5.92 Å². The van der Waals surface area contributed by atoms with Gasteiger partial charge in [0.2, 0.25) is 0 Å². The molecule has 17 nitrogen and oxygen atoms in total. The van der Waals surface area contributed by atoms with E-state index < -0.39 is 97.5 Å². The van der Waals surface area contributed by atoms with E-state index in [0.717, 1.165) is 102 Å². The summed E-state index contributed by atoms with van der Waals surface area (Å²) in [5, 5.41) is 10.6. The van der Waals surface area contributed by atoms with E-state index in [-0.39, 0.29) is 25.7 Å². The first kappa shape index (κ1) is 94.1. The molecule has 0 aromatic carbocycles. The molecule has 0 radical (unpaired) electrons. The smallest absolute Gasteiger partial charge is 0.462 e. The molecule has 96 heavy (non-hydrogen) atoms. The van der Waals surface area contributed by atoms with Crippen LogP contribution in [0.3, 0.4) is 0 Å². The normalized spacial score (nSPS) is 13.9. The number of phosphoric ester groups is 2. The second kappa shape index (κ2) is 70.1. The molecular formula is C77H150O17P2. The molecule has 3 N–H and O–H groups in total. The number of phosphoric acid groups is 2. The van der Waals surface area contributed by atoms with Gasteiger partial charge >= 0.3 is 39.5 Å². The van der Waals surface area contributed by atoms with Crippen LogP contribution in [-0.4, -0.2) is 96.7 Å². The molecule has 0 aromatic rings. The zero-order valence-corrected chi connectivity index (χ0v) is 64.3. The minimum absolute atomic E-state index is 0.108. The van der Waals surface area contributed by atoms with Crippen molar-refractivity contribution >= 4 is 39.5 Å². The molecule has 0 aromatic heterocycles. The van der Waals surface area contributed by atoms with Gasteiger partial charge < -0.3 is 33.8 Å². The van der Waals surface area contributed by atoms with Gasteiger partial charge in [0.15, 0.2) is 12.2 Å². The third-order valence-electron chi connectivity index (χ3n) is 18.0. The summed E-state index contributed by atoms with van der Waals surface area (Å²) in [6.45, 7) is 7.24. The Morgan fingerprint density at radius 2 is 0.479 bits per heavy atom. The minimum atomic E-state index is -4.96. The molecule has 0 heterocycles. The molecule has 0 rings (SSSR count). The van der Waals surface area contributed by atoms with Gasteiger partial charge in [-0.05, 0) is 31.6 Å². The van der Waals surface area contributed by atoms with Gasteiger partial charge in [-0.2, -0.15) is 0 Å². The van der Waals surface area contributed by atoms with E-state index in [2.05, 4.69) is 34.6 Å². The molecule has 0 fully saturated rings. The van der Waals surface area contributed by atoms with Crippen molar-refractivity contribution in [3.8, 4) is 0 Å². The summed E-state index contributed by atoms with van der Waals surface area (Å²) in [5.41, 5.74) is 0. The van der Waals surface area contributed by atoms with E-state index in [1.165, 1.54) is 225 Å². The molecule has 2 unspecified atom stereocenters. The third-order valence-corrected chi connectivity index (χ3v) is 19.9. The highest BCUT2D eigenvalue weighted by Gasteiger charge is 2.30. The van der Waals surface area contributed by atoms with E-state index in [0.29, 0.717) is 25.7 Å². The molecule has 0 spiro atoms. The number of carbonyl (C=O) groups is 4. The summed E-state index contributed by atoms with van der Waals surface area (Å²) in [6, 6.07) is 0. The van der Waals surface area contributed by atoms with E-state index in [4.69, 9.17) is 37.0 Å². The van der Waals surface area contributed by atoms with Gasteiger partial charge in [0.05, 0.1) is 26.4 Å². The Kier molecular flexibility index (Phi) is 68.7. The summed E-state index contributed by atoms with van der Waals surface area (Å²) in [6.07, 6.45) is 60.1. The van der Waals surface area contributed by atoms with E-state index >= 15 is 0 Å². The van der Waals surface area contributed by atoms with Crippen LogP contribution in [-0.2, 0) is 65.4 Å². The van der Waals surface area contributed by atoms with Crippen molar-refractivity contribution in [2.24, 2.45) is 5.92 Å². The summed E-state index contributed by atoms with van der Waals surface area (Å²) < 4.78 is 68.4. The molecular weight excluding hydrogens is 1260 g/mol. The highest BCUT2D eigenvalue weighted by Crippen LogP contribution is 2.45. The van der Waals surface area contributed by atoms with E-state index in [9.17, 15) is 43.2 Å². The van der Waals surface area contributed by atoms with Gasteiger partial charge in [0.1, 0.15) is 19.3 Å². The van der Waals surface area contributed by atoms with Crippen LogP contribution in [0.1, 0.15) is 407 Å². The minimum Gasteiger partial charge on any atom is -0.462 e. The van der Waals surface area contributed by atoms with Crippen LogP contribution < -0.4 is 0 Å². The second-order valence-electron chi connectivity index (χ2n) is 28.2. The van der Waals surface area contributed by atoms with Gasteiger partial charge in [0.25, 0.3) is 0 Å². The molecule has 0 aliphatic carbocycles. The number of rotatable bonds is 77. The largest absolute Gasteiger partial charge is 0.472 e. The van der Waals surface area contributed by atoms with Gasteiger partial charge in [-0.25, -0.2) is 9.13 Å². The third kappa shape index (κ3) is 70.5. The standard InChI is InChI=1S/C77H150O17P2/c1-6-9-12-15-17-19-21-23-25-27-28-29-31-35-40-44-48-53-58-63-77(82)94-73(67-88-75(80)61-56-51-46-42-38-36-32-33-37-41-45-50-54-59-70(4)5)69-92-96(85,86)90-65-71(78)64-89-95(83,84)91-68-72(66-87-74(79)60-55-49-14-11-8-3)93-76(81)62-57-52-47-43-39-34-30-26-24-22-20-18-16-13-10-7-2/h70-73,78H,6-69H2,1-5H3,(H,83,84)(H,85,86)/t71-,72+,73+/m0/s1. The molecule has 0 aliphatic heterocycles. The van der Waals surface area contributed by atoms with Crippen LogP contribution in [0.2, 0.25) is 0 Å². The molecule has 19 heteroatoms. The maximum absolute atomic E-state index is 13.1. The summed E-state index contributed by atoms with van der Waals surface area (Å²) in [4.78, 5) is 72.6. The summed E-state index contributed by atoms with van der Waals surface area (Å²) >= 11 is 0. The maximum atomic E-state index is 13.1. The Morgan fingerprint density at radius 3 is 0.708 bits per heavy atom. The van der Waals surface area contributed by atoms with Gasteiger partial charge in [-0.1, -0.05) is 356 Å². The lowest BCUT2D eigenvalue weighted by Gasteiger charge is -2.21. The van der Waals surface area contributed by atoms with E-state index in [1.807, 2.05) is 0 Å². The van der Waals surface area contributed by atoms with Crippen molar-refractivity contribution < 1.29 is 80.2 Å². The molecule has 0 bridgehead atoms. The zero-order valence-electron chi connectivity index (χ0n) is 62.5. The number of aliphatic hydroxyl groups excluding tert-OH is 1. The number of ether oxygens (including phenoxy) is 4. The molecule has 0 aliphatic rings.